The number of nitrogens with two attached hydrogens (primary N) is 1. The first kappa shape index (κ1) is 12.1. The van der Waals surface area contributed by atoms with E-state index in [-0.39, 0.29) is 6.04 Å². The fourth-order valence-electron chi connectivity index (χ4n) is 1.47. The fourth-order valence-corrected chi connectivity index (χ4v) is 2.14. The Morgan fingerprint density at radius 1 is 1.35 bits per heavy atom. The van der Waals surface area contributed by atoms with E-state index >= 15 is 0 Å². The van der Waals surface area contributed by atoms with Crippen molar-refractivity contribution >= 4 is 11.8 Å². The second-order valence-corrected chi connectivity index (χ2v) is 5.13. The summed E-state index contributed by atoms with van der Waals surface area (Å²) in [4.78, 5) is 5.62. The number of thioether (sulfide) groups is 1. The molecule has 0 spiro atoms. The van der Waals surface area contributed by atoms with E-state index in [0.29, 0.717) is 11.6 Å². The Balaban J connectivity index is 2.21. The van der Waals surface area contributed by atoms with Crippen LogP contribution in [0.25, 0.3) is 11.4 Å². The van der Waals surface area contributed by atoms with E-state index in [1.807, 2.05) is 30.8 Å². The van der Waals surface area contributed by atoms with Crippen molar-refractivity contribution in [2.24, 2.45) is 5.73 Å². The molecule has 1 heterocycles. The van der Waals surface area contributed by atoms with Crippen LogP contribution in [0.2, 0.25) is 0 Å². The van der Waals surface area contributed by atoms with Crippen LogP contribution in [0.1, 0.15) is 25.7 Å². The van der Waals surface area contributed by atoms with Crippen molar-refractivity contribution in [2.75, 3.05) is 5.75 Å². The zero-order valence-corrected chi connectivity index (χ0v) is 10.8. The van der Waals surface area contributed by atoms with E-state index in [2.05, 4.69) is 34.2 Å². The lowest BCUT2D eigenvalue weighted by Gasteiger charge is -1.99. The molecule has 1 aromatic heterocycles. The molecule has 0 radical (unpaired) electrons. The summed E-state index contributed by atoms with van der Waals surface area (Å²) >= 11 is 1.82. The van der Waals surface area contributed by atoms with Gasteiger partial charge in [-0.25, -0.2) is 4.98 Å². The lowest BCUT2D eigenvalue weighted by molar-refractivity contribution is 0.745. The number of H-pyrrole nitrogens is 1. The molecule has 1 atom stereocenters. The third kappa shape index (κ3) is 2.87. The average Bonchev–Trinajstić information content (AvgIpc) is 2.80. The summed E-state index contributed by atoms with van der Waals surface area (Å²) in [6, 6.07) is 8.13. The van der Waals surface area contributed by atoms with Crippen molar-refractivity contribution in [1.29, 1.82) is 0 Å². The normalized spacial score (nSPS) is 12.6. The van der Waals surface area contributed by atoms with Crippen molar-refractivity contribution in [3.05, 3.63) is 30.1 Å². The Morgan fingerprint density at radius 3 is 2.59 bits per heavy atom. The maximum atomic E-state index is 5.73. The van der Waals surface area contributed by atoms with Gasteiger partial charge >= 0.3 is 0 Å². The van der Waals surface area contributed by atoms with E-state index in [4.69, 9.17) is 5.73 Å². The second-order valence-electron chi connectivity index (χ2n) is 3.79. The van der Waals surface area contributed by atoms with Crippen molar-refractivity contribution in [3.63, 3.8) is 0 Å². The summed E-state index contributed by atoms with van der Waals surface area (Å²) in [6.45, 7) is 4.02. The number of nitrogens with one attached hydrogen (secondary N) is 1. The van der Waals surface area contributed by atoms with Gasteiger partial charge in [0.15, 0.2) is 5.82 Å². The van der Waals surface area contributed by atoms with Crippen LogP contribution in [-0.4, -0.2) is 20.9 Å². The number of hydrogen-bond acceptors (Lipinski definition) is 4. The Kier molecular flexibility index (Phi) is 3.81. The van der Waals surface area contributed by atoms with Crippen LogP contribution in [-0.2, 0) is 0 Å². The molecule has 5 heteroatoms. The van der Waals surface area contributed by atoms with Gasteiger partial charge in [-0.3, -0.25) is 5.10 Å². The van der Waals surface area contributed by atoms with Gasteiger partial charge in [0, 0.05) is 10.5 Å². The lowest BCUT2D eigenvalue weighted by Crippen LogP contribution is -2.06. The number of aromatic amines is 1. The van der Waals surface area contributed by atoms with Crippen molar-refractivity contribution in [3.8, 4) is 11.4 Å². The Hall–Kier alpha value is -1.33. The highest BCUT2D eigenvalue weighted by molar-refractivity contribution is 7.99. The quantitative estimate of drug-likeness (QED) is 0.816. The van der Waals surface area contributed by atoms with Crippen LogP contribution in [0.5, 0.6) is 0 Å². The molecule has 0 aliphatic heterocycles. The lowest BCUT2D eigenvalue weighted by atomic mass is 10.2. The summed E-state index contributed by atoms with van der Waals surface area (Å²) in [5.41, 5.74) is 6.74. The third-order valence-corrected chi connectivity index (χ3v) is 3.25. The first-order chi connectivity index (χ1) is 8.20. The summed E-state index contributed by atoms with van der Waals surface area (Å²) < 4.78 is 0. The third-order valence-electron chi connectivity index (χ3n) is 2.36. The van der Waals surface area contributed by atoms with Gasteiger partial charge in [0.2, 0.25) is 0 Å². The molecule has 90 valence electrons. The summed E-state index contributed by atoms with van der Waals surface area (Å²) in [5.74, 6) is 2.49. The zero-order chi connectivity index (χ0) is 12.3. The first-order valence-electron chi connectivity index (χ1n) is 5.62. The van der Waals surface area contributed by atoms with Crippen LogP contribution in [0.4, 0.5) is 0 Å². The van der Waals surface area contributed by atoms with Crippen LogP contribution in [0.15, 0.2) is 29.2 Å². The predicted octanol–water partition coefficient (Wildman–Crippen LogP) is 2.60. The highest BCUT2D eigenvalue weighted by atomic mass is 32.2. The molecule has 0 fully saturated rings. The van der Waals surface area contributed by atoms with E-state index < -0.39 is 0 Å². The molecule has 17 heavy (non-hydrogen) atoms. The minimum atomic E-state index is -0.119. The topological polar surface area (TPSA) is 67.6 Å². The molecule has 4 nitrogen and oxygen atoms in total. The van der Waals surface area contributed by atoms with Crippen LogP contribution in [0.3, 0.4) is 0 Å². The fraction of sp³-hybridized carbons (Fsp3) is 0.333. The predicted molar refractivity (Wildman–Crippen MR) is 70.8 cm³/mol. The van der Waals surface area contributed by atoms with Crippen LogP contribution in [0, 0.1) is 0 Å². The van der Waals surface area contributed by atoms with Crippen LogP contribution < -0.4 is 5.73 Å². The highest BCUT2D eigenvalue weighted by Gasteiger charge is 2.08. The van der Waals surface area contributed by atoms with Gasteiger partial charge in [-0.15, -0.1) is 11.8 Å². The van der Waals surface area contributed by atoms with Gasteiger partial charge in [-0.2, -0.15) is 5.10 Å². The SMILES string of the molecule is CCSc1ccc(-c2n[nH]c(C(C)N)n2)cc1. The molecule has 0 bridgehead atoms. The van der Waals surface area contributed by atoms with E-state index in [1.54, 1.807) is 0 Å². The summed E-state index contributed by atoms with van der Waals surface area (Å²) in [6.07, 6.45) is 0. The molecule has 2 aromatic rings. The average molecular weight is 248 g/mol. The molecule has 3 N–H and O–H groups in total. The molecule has 2 rings (SSSR count). The Labute approximate surface area is 105 Å². The maximum Gasteiger partial charge on any atom is 0.181 e. The maximum absolute atomic E-state index is 5.73. The standard InChI is InChI=1S/C12H16N4S/c1-3-17-10-6-4-9(5-7-10)12-14-11(8(2)13)15-16-12/h4-8H,3,13H2,1-2H3,(H,14,15,16). The van der Waals surface area contributed by atoms with Crippen molar-refractivity contribution in [1.82, 2.24) is 15.2 Å². The summed E-state index contributed by atoms with van der Waals surface area (Å²) in [5, 5.41) is 7.01. The molecular formula is C12H16N4S. The highest BCUT2D eigenvalue weighted by Crippen LogP contribution is 2.22. The number of nitrogens with zero attached hydrogens (tertiary/aromatic N) is 2. The van der Waals surface area contributed by atoms with Gasteiger partial charge in [-0.1, -0.05) is 19.1 Å². The Bertz CT molecular complexity index is 476. The number of benzene rings is 1. The number of hydrogen-bond donors (Lipinski definition) is 2. The van der Waals surface area contributed by atoms with Crippen LogP contribution >= 0.6 is 11.8 Å². The summed E-state index contributed by atoms with van der Waals surface area (Å²) in [7, 11) is 0. The first-order valence-corrected chi connectivity index (χ1v) is 6.60. The smallest absolute Gasteiger partial charge is 0.181 e. The molecule has 1 aromatic carbocycles. The molecule has 0 aliphatic carbocycles. The van der Waals surface area contributed by atoms with Gasteiger partial charge in [0.25, 0.3) is 0 Å². The van der Waals surface area contributed by atoms with Gasteiger partial charge in [0.1, 0.15) is 5.82 Å². The van der Waals surface area contributed by atoms with Gasteiger partial charge in [-0.05, 0) is 24.8 Å². The minimum absolute atomic E-state index is 0.119. The molecule has 0 aliphatic rings. The van der Waals surface area contributed by atoms with E-state index in [1.165, 1.54) is 4.90 Å². The van der Waals surface area contributed by atoms with Crippen molar-refractivity contribution < 1.29 is 0 Å². The second kappa shape index (κ2) is 5.33. The largest absolute Gasteiger partial charge is 0.322 e. The zero-order valence-electron chi connectivity index (χ0n) is 9.97. The monoisotopic (exact) mass is 248 g/mol. The Morgan fingerprint density at radius 2 is 2.06 bits per heavy atom. The molecule has 1 unspecified atom stereocenters. The molecule has 0 saturated heterocycles. The molecule has 0 saturated carbocycles. The number of rotatable bonds is 4. The number of aromatic nitrogens is 3. The van der Waals surface area contributed by atoms with Gasteiger partial charge in [0.05, 0.1) is 6.04 Å². The minimum Gasteiger partial charge on any atom is -0.322 e. The van der Waals surface area contributed by atoms with Gasteiger partial charge < -0.3 is 5.73 Å². The van der Waals surface area contributed by atoms with E-state index in [9.17, 15) is 0 Å². The van der Waals surface area contributed by atoms with E-state index in [0.717, 1.165) is 11.3 Å². The molecular weight excluding hydrogens is 232 g/mol. The van der Waals surface area contributed by atoms with Crippen molar-refractivity contribution in [2.45, 2.75) is 24.8 Å². The molecule has 0 amide bonds.